The number of nitrogens with one attached hydrogen (secondary N) is 2. The van der Waals surface area contributed by atoms with Gasteiger partial charge in [-0.3, -0.25) is 9.59 Å². The maximum atomic E-state index is 12.4. The van der Waals surface area contributed by atoms with Crippen LogP contribution in [0.3, 0.4) is 0 Å². The number of pyridine rings is 1. The van der Waals surface area contributed by atoms with Crippen LogP contribution in [-0.2, 0) is 4.74 Å². The SMILES string of the molecule is Cc1cc(Cl)ccc1NC(=O)c1cccc(C(=O)NCC2CCCO2)n1. The van der Waals surface area contributed by atoms with E-state index in [1.54, 1.807) is 36.4 Å². The number of hydrogen-bond acceptors (Lipinski definition) is 4. The van der Waals surface area contributed by atoms with Gasteiger partial charge in [0.15, 0.2) is 0 Å². The Morgan fingerprint density at radius 1 is 1.23 bits per heavy atom. The molecule has 0 saturated carbocycles. The maximum absolute atomic E-state index is 12.4. The lowest BCUT2D eigenvalue weighted by Gasteiger charge is -2.11. The summed E-state index contributed by atoms with van der Waals surface area (Å²) in [6.45, 7) is 3.03. The fourth-order valence-electron chi connectivity index (χ4n) is 2.74. The molecule has 3 rings (SSSR count). The number of ether oxygens (including phenoxy) is 1. The fourth-order valence-corrected chi connectivity index (χ4v) is 2.97. The zero-order valence-corrected chi connectivity index (χ0v) is 15.2. The highest BCUT2D eigenvalue weighted by Gasteiger charge is 2.18. The van der Waals surface area contributed by atoms with Gasteiger partial charge in [0.1, 0.15) is 11.4 Å². The average molecular weight is 374 g/mol. The predicted octanol–water partition coefficient (Wildman–Crippen LogP) is 3.20. The monoisotopic (exact) mass is 373 g/mol. The normalized spacial score (nSPS) is 16.3. The predicted molar refractivity (Wildman–Crippen MR) is 99.7 cm³/mol. The standard InChI is InChI=1S/C19H20ClN3O3/c1-12-10-13(20)7-8-15(12)23-19(25)17-6-2-5-16(22-17)18(24)21-11-14-4-3-9-26-14/h2,5-8,10,14H,3-4,9,11H2,1H3,(H,21,24)(H,23,25). The number of amides is 2. The molecule has 1 unspecified atom stereocenters. The second kappa shape index (κ2) is 8.29. The fraction of sp³-hybridized carbons (Fsp3) is 0.316. The van der Waals surface area contributed by atoms with Crippen molar-refractivity contribution in [2.75, 3.05) is 18.5 Å². The molecule has 1 saturated heterocycles. The molecule has 1 aliphatic rings. The average Bonchev–Trinajstić information content (AvgIpc) is 3.15. The lowest BCUT2D eigenvalue weighted by Crippen LogP contribution is -2.32. The van der Waals surface area contributed by atoms with Crippen molar-refractivity contribution >= 4 is 29.1 Å². The summed E-state index contributed by atoms with van der Waals surface area (Å²) in [5.74, 6) is -0.706. The van der Waals surface area contributed by atoms with Gasteiger partial charge in [0, 0.05) is 23.9 Å². The van der Waals surface area contributed by atoms with Crippen molar-refractivity contribution in [3.05, 3.63) is 58.4 Å². The van der Waals surface area contributed by atoms with Gasteiger partial charge in [-0.25, -0.2) is 4.98 Å². The van der Waals surface area contributed by atoms with Crippen molar-refractivity contribution < 1.29 is 14.3 Å². The zero-order valence-electron chi connectivity index (χ0n) is 14.4. The Kier molecular flexibility index (Phi) is 5.85. The van der Waals surface area contributed by atoms with Gasteiger partial charge in [-0.15, -0.1) is 0 Å². The summed E-state index contributed by atoms with van der Waals surface area (Å²) in [5, 5.41) is 6.18. The Hall–Kier alpha value is -2.44. The molecule has 2 N–H and O–H groups in total. The molecule has 6 nitrogen and oxygen atoms in total. The molecule has 0 radical (unpaired) electrons. The highest BCUT2D eigenvalue weighted by molar-refractivity contribution is 6.30. The second-order valence-corrected chi connectivity index (χ2v) is 6.60. The van der Waals surface area contributed by atoms with E-state index >= 15 is 0 Å². The van der Waals surface area contributed by atoms with Crippen LogP contribution in [0.2, 0.25) is 5.02 Å². The number of carbonyl (C=O) groups is 2. The van der Waals surface area contributed by atoms with Crippen molar-refractivity contribution in [1.29, 1.82) is 0 Å². The van der Waals surface area contributed by atoms with E-state index in [-0.39, 0.29) is 29.3 Å². The molecule has 7 heteroatoms. The molecular weight excluding hydrogens is 354 g/mol. The topological polar surface area (TPSA) is 80.3 Å². The summed E-state index contributed by atoms with van der Waals surface area (Å²) in [6.07, 6.45) is 2.01. The highest BCUT2D eigenvalue weighted by Crippen LogP contribution is 2.20. The summed E-state index contributed by atoms with van der Waals surface area (Å²) in [5.41, 5.74) is 1.86. The lowest BCUT2D eigenvalue weighted by molar-refractivity contribution is 0.0853. The summed E-state index contributed by atoms with van der Waals surface area (Å²) in [6, 6.07) is 9.98. The minimum Gasteiger partial charge on any atom is -0.376 e. The quantitative estimate of drug-likeness (QED) is 0.843. The molecule has 2 heterocycles. The first-order valence-electron chi connectivity index (χ1n) is 8.47. The Morgan fingerprint density at radius 2 is 2.00 bits per heavy atom. The van der Waals surface area contributed by atoms with Crippen LogP contribution in [0, 0.1) is 6.92 Å². The number of aromatic nitrogens is 1. The van der Waals surface area contributed by atoms with Crippen LogP contribution in [0.1, 0.15) is 39.4 Å². The van der Waals surface area contributed by atoms with Crippen molar-refractivity contribution in [3.63, 3.8) is 0 Å². The van der Waals surface area contributed by atoms with Crippen LogP contribution < -0.4 is 10.6 Å². The van der Waals surface area contributed by atoms with Crippen LogP contribution in [0.15, 0.2) is 36.4 Å². The zero-order chi connectivity index (χ0) is 18.5. The van der Waals surface area contributed by atoms with Crippen LogP contribution >= 0.6 is 11.6 Å². The van der Waals surface area contributed by atoms with Crippen molar-refractivity contribution in [2.24, 2.45) is 0 Å². The molecule has 1 fully saturated rings. The van der Waals surface area contributed by atoms with E-state index < -0.39 is 0 Å². The Balaban J connectivity index is 1.65. The van der Waals surface area contributed by atoms with Gasteiger partial charge in [0.25, 0.3) is 11.8 Å². The number of benzene rings is 1. The summed E-state index contributed by atoms with van der Waals surface area (Å²) < 4.78 is 5.48. The van der Waals surface area contributed by atoms with Gasteiger partial charge in [-0.1, -0.05) is 17.7 Å². The minimum absolute atomic E-state index is 0.0540. The van der Waals surface area contributed by atoms with Gasteiger partial charge in [0.2, 0.25) is 0 Å². The smallest absolute Gasteiger partial charge is 0.274 e. The molecule has 2 aromatic rings. The lowest BCUT2D eigenvalue weighted by atomic mass is 10.2. The third-order valence-electron chi connectivity index (χ3n) is 4.17. The van der Waals surface area contributed by atoms with E-state index in [2.05, 4.69) is 15.6 Å². The summed E-state index contributed by atoms with van der Waals surface area (Å²) >= 11 is 5.92. The van der Waals surface area contributed by atoms with Crippen LogP contribution in [0.4, 0.5) is 5.69 Å². The first kappa shape index (κ1) is 18.4. The van der Waals surface area contributed by atoms with E-state index in [1.165, 1.54) is 0 Å². The Bertz CT molecular complexity index is 819. The Labute approximate surface area is 156 Å². The van der Waals surface area contributed by atoms with E-state index in [4.69, 9.17) is 16.3 Å². The maximum Gasteiger partial charge on any atom is 0.274 e. The van der Waals surface area contributed by atoms with Gasteiger partial charge in [0.05, 0.1) is 6.10 Å². The molecule has 2 amide bonds. The van der Waals surface area contributed by atoms with E-state index in [0.29, 0.717) is 17.3 Å². The van der Waals surface area contributed by atoms with Crippen LogP contribution in [0.5, 0.6) is 0 Å². The molecule has 1 aromatic heterocycles. The molecule has 0 spiro atoms. The van der Waals surface area contributed by atoms with Crippen molar-refractivity contribution in [1.82, 2.24) is 10.3 Å². The summed E-state index contributed by atoms with van der Waals surface area (Å²) in [7, 11) is 0. The molecular formula is C19H20ClN3O3. The van der Waals surface area contributed by atoms with Gasteiger partial charge in [-0.05, 0) is 55.7 Å². The summed E-state index contributed by atoms with van der Waals surface area (Å²) in [4.78, 5) is 28.9. The first-order chi connectivity index (χ1) is 12.5. The van der Waals surface area contributed by atoms with Crippen LogP contribution in [-0.4, -0.2) is 36.1 Å². The number of carbonyl (C=O) groups excluding carboxylic acids is 2. The van der Waals surface area contributed by atoms with E-state index in [1.807, 2.05) is 6.92 Å². The number of halogens is 1. The van der Waals surface area contributed by atoms with Gasteiger partial charge in [-0.2, -0.15) is 0 Å². The molecule has 26 heavy (non-hydrogen) atoms. The molecule has 0 bridgehead atoms. The van der Waals surface area contributed by atoms with Crippen LogP contribution in [0.25, 0.3) is 0 Å². The van der Waals surface area contributed by atoms with Gasteiger partial charge >= 0.3 is 0 Å². The number of aryl methyl sites for hydroxylation is 1. The number of hydrogen-bond donors (Lipinski definition) is 2. The molecule has 1 aliphatic heterocycles. The largest absolute Gasteiger partial charge is 0.376 e. The third kappa shape index (κ3) is 4.59. The van der Waals surface area contributed by atoms with E-state index in [9.17, 15) is 9.59 Å². The number of nitrogens with zero attached hydrogens (tertiary/aromatic N) is 1. The third-order valence-corrected chi connectivity index (χ3v) is 4.40. The van der Waals surface area contributed by atoms with Gasteiger partial charge < -0.3 is 15.4 Å². The van der Waals surface area contributed by atoms with E-state index in [0.717, 1.165) is 25.0 Å². The molecule has 1 aromatic carbocycles. The highest BCUT2D eigenvalue weighted by atomic mass is 35.5. The molecule has 136 valence electrons. The first-order valence-corrected chi connectivity index (χ1v) is 8.85. The number of anilines is 1. The van der Waals surface area contributed by atoms with Crippen molar-refractivity contribution in [2.45, 2.75) is 25.9 Å². The Morgan fingerprint density at radius 3 is 2.69 bits per heavy atom. The van der Waals surface area contributed by atoms with Crippen molar-refractivity contribution in [3.8, 4) is 0 Å². The number of rotatable bonds is 5. The minimum atomic E-state index is -0.385. The molecule has 0 aliphatic carbocycles. The molecule has 1 atom stereocenters. The second-order valence-electron chi connectivity index (χ2n) is 6.17.